The lowest BCUT2D eigenvalue weighted by molar-refractivity contribution is 0.383. The van der Waals surface area contributed by atoms with E-state index in [0.717, 1.165) is 37.3 Å². The topological polar surface area (TPSA) is 50.1 Å². The first-order valence-corrected chi connectivity index (χ1v) is 7.19. The Morgan fingerprint density at radius 2 is 2.20 bits per heavy atom. The van der Waals surface area contributed by atoms with Crippen LogP contribution in [0.25, 0.3) is 11.5 Å². The van der Waals surface area contributed by atoms with E-state index in [-0.39, 0.29) is 5.54 Å². The molecule has 106 valence electrons. The molecule has 1 unspecified atom stereocenters. The van der Waals surface area contributed by atoms with Gasteiger partial charge in [-0.1, -0.05) is 11.6 Å². The molecule has 1 aliphatic heterocycles. The molecule has 2 aromatic rings. The molecule has 1 saturated heterocycles. The Balaban J connectivity index is 1.66. The van der Waals surface area contributed by atoms with Crippen LogP contribution in [0, 0.1) is 0 Å². The molecule has 0 spiro atoms. The summed E-state index contributed by atoms with van der Waals surface area (Å²) in [7, 11) is 0. The molecule has 2 N–H and O–H groups in total. The Kier molecular flexibility index (Phi) is 3.78. The van der Waals surface area contributed by atoms with E-state index in [1.165, 1.54) is 0 Å². The summed E-state index contributed by atoms with van der Waals surface area (Å²) in [6, 6.07) is 7.50. The second-order valence-electron chi connectivity index (χ2n) is 5.49. The third-order valence-electron chi connectivity index (χ3n) is 3.71. The predicted molar refractivity (Wildman–Crippen MR) is 79.7 cm³/mol. The molecule has 1 aromatic heterocycles. The van der Waals surface area contributed by atoms with Gasteiger partial charge in [0.05, 0.1) is 5.69 Å². The molecular formula is C15H18ClN3O. The zero-order valence-electron chi connectivity index (χ0n) is 11.4. The van der Waals surface area contributed by atoms with Crippen LogP contribution >= 0.6 is 11.6 Å². The number of aromatic nitrogens is 1. The van der Waals surface area contributed by atoms with E-state index in [9.17, 15) is 0 Å². The summed E-state index contributed by atoms with van der Waals surface area (Å²) in [5.74, 6) is 0.633. The summed E-state index contributed by atoms with van der Waals surface area (Å²) in [5, 5.41) is 7.62. The monoisotopic (exact) mass is 291 g/mol. The molecule has 4 nitrogen and oxygen atoms in total. The van der Waals surface area contributed by atoms with Gasteiger partial charge < -0.3 is 15.1 Å². The van der Waals surface area contributed by atoms with Crippen LogP contribution in [-0.4, -0.2) is 23.6 Å². The number of benzene rings is 1. The van der Waals surface area contributed by atoms with Gasteiger partial charge >= 0.3 is 0 Å². The Bertz CT molecular complexity index is 573. The van der Waals surface area contributed by atoms with Crippen LogP contribution in [0.1, 0.15) is 19.0 Å². The Morgan fingerprint density at radius 3 is 2.90 bits per heavy atom. The standard InChI is InChI=1S/C15H18ClN3O/c1-15(6-7-17-10-15)18-8-13-9-20-14(19-13)11-2-4-12(16)5-3-11/h2-5,9,17-18H,6-8,10H2,1H3. The SMILES string of the molecule is CC1(NCc2coc(-c3ccc(Cl)cc3)n2)CCNC1. The largest absolute Gasteiger partial charge is 0.444 e. The summed E-state index contributed by atoms with van der Waals surface area (Å²) in [6.45, 7) is 5.01. The first-order valence-electron chi connectivity index (χ1n) is 6.81. The van der Waals surface area contributed by atoms with Crippen LogP contribution in [0.4, 0.5) is 0 Å². The molecule has 5 heteroatoms. The maximum absolute atomic E-state index is 5.88. The zero-order valence-corrected chi connectivity index (χ0v) is 12.2. The highest BCUT2D eigenvalue weighted by molar-refractivity contribution is 6.30. The van der Waals surface area contributed by atoms with Gasteiger partial charge in [-0.25, -0.2) is 4.98 Å². The smallest absolute Gasteiger partial charge is 0.226 e. The highest BCUT2D eigenvalue weighted by Crippen LogP contribution is 2.21. The van der Waals surface area contributed by atoms with Crippen molar-refractivity contribution in [2.75, 3.05) is 13.1 Å². The minimum Gasteiger partial charge on any atom is -0.444 e. The lowest BCUT2D eigenvalue weighted by Crippen LogP contribution is -2.43. The molecule has 1 aromatic carbocycles. The maximum Gasteiger partial charge on any atom is 0.226 e. The average Bonchev–Trinajstić information content (AvgIpc) is 3.07. The van der Waals surface area contributed by atoms with Gasteiger partial charge in [0.25, 0.3) is 0 Å². The summed E-state index contributed by atoms with van der Waals surface area (Å²) in [5.41, 5.74) is 2.01. The summed E-state index contributed by atoms with van der Waals surface area (Å²) >= 11 is 5.88. The fourth-order valence-electron chi connectivity index (χ4n) is 2.38. The number of oxazole rings is 1. The van der Waals surface area contributed by atoms with Crippen molar-refractivity contribution >= 4 is 11.6 Å². The van der Waals surface area contributed by atoms with Gasteiger partial charge in [-0.2, -0.15) is 0 Å². The molecule has 3 rings (SSSR count). The van der Waals surface area contributed by atoms with Gasteiger partial charge in [0.1, 0.15) is 6.26 Å². The van der Waals surface area contributed by atoms with Crippen molar-refractivity contribution in [3.63, 3.8) is 0 Å². The summed E-state index contributed by atoms with van der Waals surface area (Å²) in [6.07, 6.45) is 2.84. The molecule has 1 aliphatic rings. The quantitative estimate of drug-likeness (QED) is 0.909. The molecular weight excluding hydrogens is 274 g/mol. The van der Waals surface area contributed by atoms with Crippen LogP contribution in [0.15, 0.2) is 34.9 Å². The van der Waals surface area contributed by atoms with Crippen LogP contribution in [0.5, 0.6) is 0 Å². The second kappa shape index (κ2) is 5.56. The lowest BCUT2D eigenvalue weighted by Gasteiger charge is -2.23. The minimum absolute atomic E-state index is 0.152. The molecule has 0 aliphatic carbocycles. The van der Waals surface area contributed by atoms with Gasteiger partial charge in [-0.05, 0) is 44.2 Å². The zero-order chi connectivity index (χ0) is 14.0. The van der Waals surface area contributed by atoms with Gasteiger partial charge in [0.15, 0.2) is 0 Å². The van der Waals surface area contributed by atoms with Crippen molar-refractivity contribution in [3.05, 3.63) is 41.2 Å². The van der Waals surface area contributed by atoms with Crippen LogP contribution in [0.3, 0.4) is 0 Å². The highest BCUT2D eigenvalue weighted by atomic mass is 35.5. The first kappa shape index (κ1) is 13.6. The van der Waals surface area contributed by atoms with Gasteiger partial charge in [0.2, 0.25) is 5.89 Å². The molecule has 0 saturated carbocycles. The first-order chi connectivity index (χ1) is 9.65. The van der Waals surface area contributed by atoms with E-state index in [4.69, 9.17) is 16.0 Å². The van der Waals surface area contributed by atoms with E-state index in [1.807, 2.05) is 24.3 Å². The third-order valence-corrected chi connectivity index (χ3v) is 3.96. The molecule has 1 atom stereocenters. The van der Waals surface area contributed by atoms with Crippen LogP contribution < -0.4 is 10.6 Å². The summed E-state index contributed by atoms with van der Waals surface area (Å²) in [4.78, 5) is 4.51. The van der Waals surface area contributed by atoms with Gasteiger partial charge in [0, 0.05) is 29.2 Å². The van der Waals surface area contributed by atoms with Gasteiger partial charge in [-0.3, -0.25) is 0 Å². The number of rotatable bonds is 4. The number of nitrogens with zero attached hydrogens (tertiary/aromatic N) is 1. The van der Waals surface area contributed by atoms with Crippen molar-refractivity contribution < 1.29 is 4.42 Å². The highest BCUT2D eigenvalue weighted by Gasteiger charge is 2.27. The molecule has 20 heavy (non-hydrogen) atoms. The number of halogens is 1. The lowest BCUT2D eigenvalue weighted by atomic mass is 10.0. The van der Waals surface area contributed by atoms with E-state index in [2.05, 4.69) is 22.5 Å². The van der Waals surface area contributed by atoms with E-state index >= 15 is 0 Å². The van der Waals surface area contributed by atoms with Crippen LogP contribution in [0.2, 0.25) is 5.02 Å². The van der Waals surface area contributed by atoms with Crippen molar-refractivity contribution in [1.82, 2.24) is 15.6 Å². The summed E-state index contributed by atoms with van der Waals surface area (Å²) < 4.78 is 5.53. The predicted octanol–water partition coefficient (Wildman–Crippen LogP) is 2.84. The normalized spacial score (nSPS) is 22.3. The van der Waals surface area contributed by atoms with Crippen molar-refractivity contribution in [2.45, 2.75) is 25.4 Å². The Hall–Kier alpha value is -1.36. The maximum atomic E-state index is 5.88. The number of hydrogen-bond donors (Lipinski definition) is 2. The fourth-order valence-corrected chi connectivity index (χ4v) is 2.51. The fraction of sp³-hybridized carbons (Fsp3) is 0.400. The van der Waals surface area contributed by atoms with Crippen LogP contribution in [-0.2, 0) is 6.54 Å². The average molecular weight is 292 g/mol. The van der Waals surface area contributed by atoms with Crippen molar-refractivity contribution in [1.29, 1.82) is 0 Å². The van der Waals surface area contributed by atoms with Gasteiger partial charge in [-0.15, -0.1) is 0 Å². The molecule has 0 amide bonds. The number of hydrogen-bond acceptors (Lipinski definition) is 4. The second-order valence-corrected chi connectivity index (χ2v) is 5.93. The Labute approximate surface area is 123 Å². The molecule has 0 radical (unpaired) electrons. The van der Waals surface area contributed by atoms with E-state index in [0.29, 0.717) is 10.9 Å². The minimum atomic E-state index is 0.152. The van der Waals surface area contributed by atoms with Crippen molar-refractivity contribution in [3.8, 4) is 11.5 Å². The molecule has 0 bridgehead atoms. The van der Waals surface area contributed by atoms with E-state index in [1.54, 1.807) is 6.26 Å². The van der Waals surface area contributed by atoms with E-state index < -0.39 is 0 Å². The third kappa shape index (κ3) is 3.03. The number of nitrogens with one attached hydrogen (secondary N) is 2. The Morgan fingerprint density at radius 1 is 1.40 bits per heavy atom. The molecule has 1 fully saturated rings. The van der Waals surface area contributed by atoms with Crippen molar-refractivity contribution in [2.24, 2.45) is 0 Å². The molecule has 2 heterocycles.